The molecule has 0 saturated carbocycles. The number of anilines is 1. The number of hydrogen-bond donors (Lipinski definition) is 1. The topological polar surface area (TPSA) is 64.3 Å². The van der Waals surface area contributed by atoms with Crippen molar-refractivity contribution in [1.29, 1.82) is 0 Å². The summed E-state index contributed by atoms with van der Waals surface area (Å²) in [4.78, 5) is 3.94. The monoisotopic (exact) mass is 431 g/mol. The highest BCUT2D eigenvalue weighted by Gasteiger charge is 2.39. The van der Waals surface area contributed by atoms with Gasteiger partial charge in [-0.1, -0.05) is 6.07 Å². The summed E-state index contributed by atoms with van der Waals surface area (Å²) in [6.45, 7) is 1.09. The molecule has 1 atom stereocenters. The van der Waals surface area contributed by atoms with Crippen LogP contribution in [0, 0.1) is 0 Å². The van der Waals surface area contributed by atoms with E-state index >= 15 is 0 Å². The minimum atomic E-state index is -5.02. The predicted octanol–water partition coefficient (Wildman–Crippen LogP) is 4.42. The van der Waals surface area contributed by atoms with Gasteiger partial charge in [0.2, 0.25) is 5.95 Å². The highest BCUT2D eigenvalue weighted by molar-refractivity contribution is 5.79. The third kappa shape index (κ3) is 3.91. The fourth-order valence-electron chi connectivity index (χ4n) is 3.32. The van der Waals surface area contributed by atoms with Gasteiger partial charge in [-0.15, -0.1) is 10.2 Å². The molecule has 4 rings (SSSR count). The third-order valence-corrected chi connectivity index (χ3v) is 4.75. The molecule has 160 valence electrons. The summed E-state index contributed by atoms with van der Waals surface area (Å²) in [5, 5.41) is 11.0. The molecule has 1 unspecified atom stereocenters. The predicted molar refractivity (Wildman–Crippen MR) is 93.7 cm³/mol. The Morgan fingerprint density at radius 3 is 2.53 bits per heavy atom. The number of fused-ring (bicyclic) bond motifs is 1. The first kappa shape index (κ1) is 20.4. The zero-order valence-corrected chi connectivity index (χ0v) is 15.3. The zero-order valence-electron chi connectivity index (χ0n) is 15.3. The van der Waals surface area contributed by atoms with Crippen LogP contribution in [0.3, 0.4) is 0 Å². The summed E-state index contributed by atoms with van der Waals surface area (Å²) in [6, 6.07) is 1.37. The number of benzene rings is 1. The molecular weight excluding hydrogens is 416 g/mol. The maximum absolute atomic E-state index is 13.6. The van der Waals surface area contributed by atoms with Crippen LogP contribution in [0.25, 0.3) is 16.8 Å². The van der Waals surface area contributed by atoms with Gasteiger partial charge in [0.1, 0.15) is 12.0 Å². The first-order valence-corrected chi connectivity index (χ1v) is 8.96. The van der Waals surface area contributed by atoms with Crippen molar-refractivity contribution in [2.24, 2.45) is 0 Å². The summed E-state index contributed by atoms with van der Waals surface area (Å²) in [5.41, 5.74) is -3.41. The van der Waals surface area contributed by atoms with Gasteiger partial charge >= 0.3 is 12.4 Å². The van der Waals surface area contributed by atoms with Crippen LogP contribution in [0.15, 0.2) is 30.7 Å². The lowest BCUT2D eigenvalue weighted by Crippen LogP contribution is -2.31. The Kier molecular flexibility index (Phi) is 5.04. The maximum Gasteiger partial charge on any atom is 0.417 e. The van der Waals surface area contributed by atoms with E-state index in [1.54, 1.807) is 0 Å². The van der Waals surface area contributed by atoms with Gasteiger partial charge in [0.15, 0.2) is 0 Å². The van der Waals surface area contributed by atoms with Crippen LogP contribution in [0.2, 0.25) is 0 Å². The lowest BCUT2D eigenvalue weighted by molar-refractivity contribution is -0.142. The van der Waals surface area contributed by atoms with Crippen LogP contribution in [0.5, 0.6) is 0 Å². The molecule has 1 N–H and O–H groups in total. The van der Waals surface area contributed by atoms with Gasteiger partial charge in [-0.2, -0.15) is 26.3 Å². The number of halogens is 6. The second-order valence-electron chi connectivity index (χ2n) is 6.84. The number of aromatic nitrogens is 4. The first-order chi connectivity index (χ1) is 14.1. The Balaban J connectivity index is 1.80. The molecule has 0 bridgehead atoms. The average Bonchev–Trinajstić information content (AvgIpc) is 3.18. The number of rotatable bonds is 3. The summed E-state index contributed by atoms with van der Waals surface area (Å²) in [6.07, 6.45) is -5.65. The lowest BCUT2D eigenvalue weighted by Gasteiger charge is -2.23. The van der Waals surface area contributed by atoms with Crippen LogP contribution in [-0.4, -0.2) is 38.8 Å². The second kappa shape index (κ2) is 7.42. The standard InChI is InChI=1S/C18H15F6N5O/c19-17(20,21)10-3-4-12(13(6-10)18(22,23)24)15-14-7-25-9-29(14)16(28-27-15)26-11-2-1-5-30-8-11/h3-4,6-7,9,11H,1-2,5,8H2,(H,26,28). The summed E-state index contributed by atoms with van der Waals surface area (Å²) >= 11 is 0. The van der Waals surface area contributed by atoms with E-state index in [0.29, 0.717) is 19.3 Å². The molecule has 1 aliphatic heterocycles. The SMILES string of the molecule is FC(F)(F)c1ccc(-c2nnc(NC3CCCOC3)n3cncc23)c(C(F)(F)F)c1. The van der Waals surface area contributed by atoms with E-state index in [1.807, 2.05) is 0 Å². The van der Waals surface area contributed by atoms with Crippen LogP contribution in [0.1, 0.15) is 24.0 Å². The van der Waals surface area contributed by atoms with Crippen molar-refractivity contribution in [1.82, 2.24) is 19.6 Å². The fourth-order valence-corrected chi connectivity index (χ4v) is 3.32. The first-order valence-electron chi connectivity index (χ1n) is 8.96. The van der Waals surface area contributed by atoms with Crippen LogP contribution in [0.4, 0.5) is 32.3 Å². The second-order valence-corrected chi connectivity index (χ2v) is 6.84. The highest BCUT2D eigenvalue weighted by atomic mass is 19.4. The molecule has 0 amide bonds. The van der Waals surface area contributed by atoms with E-state index in [9.17, 15) is 26.3 Å². The summed E-state index contributed by atoms with van der Waals surface area (Å²) < 4.78 is 86.3. The molecule has 3 heterocycles. The van der Waals surface area contributed by atoms with Gasteiger partial charge in [-0.3, -0.25) is 4.40 Å². The Hall–Kier alpha value is -2.89. The molecule has 2 aromatic heterocycles. The molecule has 1 aromatic carbocycles. The Morgan fingerprint density at radius 2 is 1.87 bits per heavy atom. The minimum absolute atomic E-state index is 0.0543. The largest absolute Gasteiger partial charge is 0.417 e. The molecule has 1 fully saturated rings. The number of hydrogen-bond acceptors (Lipinski definition) is 5. The molecule has 0 radical (unpaired) electrons. The van der Waals surface area contributed by atoms with Crippen molar-refractivity contribution < 1.29 is 31.1 Å². The van der Waals surface area contributed by atoms with Crippen LogP contribution >= 0.6 is 0 Å². The highest BCUT2D eigenvalue weighted by Crippen LogP contribution is 2.41. The van der Waals surface area contributed by atoms with Crippen molar-refractivity contribution in [3.63, 3.8) is 0 Å². The van der Waals surface area contributed by atoms with E-state index in [1.165, 1.54) is 16.9 Å². The molecule has 12 heteroatoms. The average molecular weight is 431 g/mol. The number of alkyl halides is 6. The van der Waals surface area contributed by atoms with E-state index < -0.39 is 29.0 Å². The molecule has 0 aliphatic carbocycles. The van der Waals surface area contributed by atoms with Crippen LogP contribution < -0.4 is 5.32 Å². The van der Waals surface area contributed by atoms with Gasteiger partial charge < -0.3 is 10.1 Å². The Morgan fingerprint density at radius 1 is 1.07 bits per heavy atom. The van der Waals surface area contributed by atoms with E-state index in [-0.39, 0.29) is 29.3 Å². The van der Waals surface area contributed by atoms with Crippen molar-refractivity contribution in [2.75, 3.05) is 18.5 Å². The van der Waals surface area contributed by atoms with E-state index in [2.05, 4.69) is 20.5 Å². The maximum atomic E-state index is 13.6. The lowest BCUT2D eigenvalue weighted by atomic mass is 10.00. The number of nitrogens with zero attached hydrogens (tertiary/aromatic N) is 4. The van der Waals surface area contributed by atoms with Gasteiger partial charge in [0.05, 0.1) is 35.5 Å². The fraction of sp³-hybridized carbons (Fsp3) is 0.389. The third-order valence-electron chi connectivity index (χ3n) is 4.75. The molecular formula is C18H15F6N5O. The van der Waals surface area contributed by atoms with Gasteiger partial charge in [-0.25, -0.2) is 4.98 Å². The Bertz CT molecular complexity index is 1060. The van der Waals surface area contributed by atoms with Gasteiger partial charge in [-0.05, 0) is 25.0 Å². The van der Waals surface area contributed by atoms with Gasteiger partial charge in [0.25, 0.3) is 0 Å². The normalized spacial score (nSPS) is 18.0. The molecule has 30 heavy (non-hydrogen) atoms. The summed E-state index contributed by atoms with van der Waals surface area (Å²) in [7, 11) is 0. The van der Waals surface area contributed by atoms with Crippen molar-refractivity contribution in [3.8, 4) is 11.3 Å². The number of ether oxygens (including phenoxy) is 1. The minimum Gasteiger partial charge on any atom is -0.379 e. The number of imidazole rings is 1. The molecule has 1 saturated heterocycles. The van der Waals surface area contributed by atoms with Crippen LogP contribution in [-0.2, 0) is 17.1 Å². The van der Waals surface area contributed by atoms with Crippen molar-refractivity contribution in [2.45, 2.75) is 31.2 Å². The smallest absolute Gasteiger partial charge is 0.379 e. The zero-order chi connectivity index (χ0) is 21.5. The van der Waals surface area contributed by atoms with Crippen molar-refractivity contribution in [3.05, 3.63) is 41.9 Å². The summed E-state index contributed by atoms with van der Waals surface area (Å²) in [5.74, 6) is 0.252. The van der Waals surface area contributed by atoms with E-state index in [4.69, 9.17) is 4.74 Å². The van der Waals surface area contributed by atoms with Crippen molar-refractivity contribution >= 4 is 11.5 Å². The molecule has 1 aliphatic rings. The number of nitrogens with one attached hydrogen (secondary N) is 1. The van der Waals surface area contributed by atoms with E-state index in [0.717, 1.165) is 18.9 Å². The Labute approximate surface area is 165 Å². The molecule has 6 nitrogen and oxygen atoms in total. The molecule has 0 spiro atoms. The van der Waals surface area contributed by atoms with Gasteiger partial charge in [0, 0.05) is 12.2 Å². The molecule has 3 aromatic rings. The quantitative estimate of drug-likeness (QED) is 0.622.